The summed E-state index contributed by atoms with van der Waals surface area (Å²) < 4.78 is 28.6. The Bertz CT molecular complexity index is 712. The fourth-order valence-electron chi connectivity index (χ4n) is 3.92. The van der Waals surface area contributed by atoms with Crippen LogP contribution in [-0.4, -0.2) is 27.0 Å². The summed E-state index contributed by atoms with van der Waals surface area (Å²) >= 11 is -2.31. The SMILES string of the molecule is CC(C)[Si](OCc1cc2nc(S(=O)[O-])ccc2[nH]1)(C(C)C)C(C)C.[Na+]. The van der Waals surface area contributed by atoms with Crippen molar-refractivity contribution >= 4 is 30.4 Å². The molecule has 0 saturated carbocycles. The summed E-state index contributed by atoms with van der Waals surface area (Å²) in [5.74, 6) is 0. The molecule has 0 aliphatic heterocycles. The number of rotatable bonds is 7. The molecule has 2 heterocycles. The molecule has 0 bridgehead atoms. The standard InChI is InChI=1S/C17H28N2O3SSi.Na/c1-11(2)24(12(3)4,13(5)6)22-10-14-9-16-15(18-14)7-8-17(19-16)23(20)21;/h7-9,11-13,18H,10H2,1-6H3,(H,20,21);/q;+1/p-1. The molecule has 0 aromatic carbocycles. The maximum atomic E-state index is 11.0. The van der Waals surface area contributed by atoms with Gasteiger partial charge in [-0.15, -0.1) is 0 Å². The number of aromatic amines is 1. The first-order valence-electron chi connectivity index (χ1n) is 8.40. The van der Waals surface area contributed by atoms with Crippen molar-refractivity contribution in [3.63, 3.8) is 0 Å². The molecule has 0 spiro atoms. The van der Waals surface area contributed by atoms with Gasteiger partial charge in [-0.05, 0) is 45.9 Å². The van der Waals surface area contributed by atoms with Crippen LogP contribution in [0.1, 0.15) is 47.2 Å². The first-order valence-corrected chi connectivity index (χ1v) is 11.6. The largest absolute Gasteiger partial charge is 1.00 e. The summed E-state index contributed by atoms with van der Waals surface area (Å²) in [7, 11) is -1.93. The van der Waals surface area contributed by atoms with Crippen molar-refractivity contribution < 1.29 is 42.7 Å². The van der Waals surface area contributed by atoms with Crippen LogP contribution in [0.2, 0.25) is 16.6 Å². The molecule has 0 amide bonds. The Morgan fingerprint density at radius 1 is 1.16 bits per heavy atom. The van der Waals surface area contributed by atoms with E-state index >= 15 is 0 Å². The topological polar surface area (TPSA) is 78.0 Å². The van der Waals surface area contributed by atoms with Crippen LogP contribution in [0.4, 0.5) is 0 Å². The minimum Gasteiger partial charge on any atom is -0.767 e. The van der Waals surface area contributed by atoms with Crippen molar-refractivity contribution in [2.75, 3.05) is 0 Å². The molecular weight excluding hydrogens is 363 g/mol. The second-order valence-electron chi connectivity index (χ2n) is 7.22. The van der Waals surface area contributed by atoms with E-state index in [1.807, 2.05) is 6.07 Å². The Labute approximate surface area is 176 Å². The third-order valence-corrected chi connectivity index (χ3v) is 11.5. The van der Waals surface area contributed by atoms with Gasteiger partial charge in [0.2, 0.25) is 8.32 Å². The molecule has 134 valence electrons. The van der Waals surface area contributed by atoms with E-state index in [0.29, 0.717) is 28.7 Å². The molecule has 0 aliphatic carbocycles. The summed E-state index contributed by atoms with van der Waals surface area (Å²) in [4.78, 5) is 7.44. The molecule has 1 atom stereocenters. The number of fused-ring (bicyclic) bond motifs is 1. The molecule has 2 aromatic rings. The predicted octanol–water partition coefficient (Wildman–Crippen LogP) is 1.50. The zero-order chi connectivity index (χ0) is 18.1. The molecule has 1 unspecified atom stereocenters. The van der Waals surface area contributed by atoms with Crippen LogP contribution in [0.25, 0.3) is 11.0 Å². The summed E-state index contributed by atoms with van der Waals surface area (Å²) in [6.07, 6.45) is 0. The summed E-state index contributed by atoms with van der Waals surface area (Å²) in [6.45, 7) is 14.1. The van der Waals surface area contributed by atoms with Crippen molar-refractivity contribution in [2.24, 2.45) is 0 Å². The number of pyridine rings is 1. The van der Waals surface area contributed by atoms with Crippen molar-refractivity contribution in [3.8, 4) is 0 Å². The Kier molecular flexibility index (Phi) is 8.52. The fraction of sp³-hybridized carbons (Fsp3) is 0.588. The van der Waals surface area contributed by atoms with Crippen LogP contribution in [0.3, 0.4) is 0 Å². The zero-order valence-corrected chi connectivity index (χ0v) is 20.1. The zero-order valence-electron chi connectivity index (χ0n) is 16.3. The van der Waals surface area contributed by atoms with E-state index in [0.717, 1.165) is 11.2 Å². The molecule has 25 heavy (non-hydrogen) atoms. The van der Waals surface area contributed by atoms with Crippen LogP contribution in [-0.2, 0) is 22.1 Å². The van der Waals surface area contributed by atoms with Crippen LogP contribution < -0.4 is 29.6 Å². The monoisotopic (exact) mass is 390 g/mol. The third kappa shape index (κ3) is 4.83. The number of aromatic nitrogens is 2. The maximum Gasteiger partial charge on any atom is 1.00 e. The molecule has 2 rings (SSSR count). The van der Waals surface area contributed by atoms with Gasteiger partial charge in [0.15, 0.2) is 0 Å². The predicted molar refractivity (Wildman–Crippen MR) is 99.1 cm³/mol. The van der Waals surface area contributed by atoms with Gasteiger partial charge >= 0.3 is 29.6 Å². The maximum absolute atomic E-state index is 11.0. The Hall–Kier alpha value is -0.0231. The van der Waals surface area contributed by atoms with E-state index in [1.165, 1.54) is 6.07 Å². The first-order chi connectivity index (χ1) is 11.2. The second-order valence-corrected chi connectivity index (χ2v) is 13.6. The first kappa shape index (κ1) is 23.0. The molecule has 0 radical (unpaired) electrons. The van der Waals surface area contributed by atoms with Crippen LogP contribution in [0.15, 0.2) is 23.2 Å². The average Bonchev–Trinajstić information content (AvgIpc) is 2.88. The van der Waals surface area contributed by atoms with Crippen LogP contribution >= 0.6 is 0 Å². The van der Waals surface area contributed by atoms with Crippen LogP contribution in [0.5, 0.6) is 0 Å². The third-order valence-electron chi connectivity index (χ3n) is 4.86. The molecular formula is C17H27N2NaO3SSi. The average molecular weight is 391 g/mol. The smallest absolute Gasteiger partial charge is 0.767 e. The van der Waals surface area contributed by atoms with Gasteiger partial charge in [-0.3, -0.25) is 4.21 Å². The number of hydrogen-bond acceptors (Lipinski definition) is 4. The summed E-state index contributed by atoms with van der Waals surface area (Å²) in [6, 6.07) is 5.13. The van der Waals surface area contributed by atoms with Crippen molar-refractivity contribution in [1.29, 1.82) is 0 Å². The van der Waals surface area contributed by atoms with E-state index in [2.05, 4.69) is 51.5 Å². The van der Waals surface area contributed by atoms with Crippen molar-refractivity contribution in [2.45, 2.75) is 69.8 Å². The van der Waals surface area contributed by atoms with E-state index in [-0.39, 0.29) is 34.6 Å². The van der Waals surface area contributed by atoms with Gasteiger partial charge in [-0.1, -0.05) is 41.5 Å². The minimum absolute atomic E-state index is 0. The molecule has 0 aliphatic rings. The van der Waals surface area contributed by atoms with Crippen LogP contribution in [0, 0.1) is 0 Å². The van der Waals surface area contributed by atoms with Gasteiger partial charge in [-0.2, -0.15) is 0 Å². The number of nitrogens with one attached hydrogen (secondary N) is 1. The quantitative estimate of drug-likeness (QED) is 0.574. The molecule has 1 N–H and O–H groups in total. The van der Waals surface area contributed by atoms with Gasteiger partial charge in [0.1, 0.15) is 5.03 Å². The molecule has 2 aromatic heterocycles. The number of nitrogens with zero attached hydrogens (tertiary/aromatic N) is 1. The molecule has 5 nitrogen and oxygen atoms in total. The van der Waals surface area contributed by atoms with E-state index in [4.69, 9.17) is 4.43 Å². The second kappa shape index (κ2) is 9.26. The summed E-state index contributed by atoms with van der Waals surface area (Å²) in [5, 5.41) is 0.0595. The van der Waals surface area contributed by atoms with Gasteiger partial charge in [-0.25, -0.2) is 4.98 Å². The van der Waals surface area contributed by atoms with E-state index in [9.17, 15) is 8.76 Å². The van der Waals surface area contributed by atoms with Crippen molar-refractivity contribution in [3.05, 3.63) is 23.9 Å². The van der Waals surface area contributed by atoms with Gasteiger partial charge < -0.3 is 14.0 Å². The van der Waals surface area contributed by atoms with E-state index < -0.39 is 19.4 Å². The van der Waals surface area contributed by atoms with Crippen molar-refractivity contribution in [1.82, 2.24) is 9.97 Å². The van der Waals surface area contributed by atoms with E-state index in [1.54, 1.807) is 6.07 Å². The van der Waals surface area contributed by atoms with Gasteiger partial charge in [0.25, 0.3) is 0 Å². The normalized spacial score (nSPS) is 13.7. The molecule has 0 fully saturated rings. The fourth-order valence-corrected chi connectivity index (χ4v) is 9.68. The van der Waals surface area contributed by atoms with Gasteiger partial charge in [0.05, 0.1) is 17.6 Å². The van der Waals surface area contributed by atoms with Gasteiger partial charge in [0, 0.05) is 5.69 Å². The molecule has 0 saturated heterocycles. The Morgan fingerprint density at radius 3 is 2.20 bits per heavy atom. The number of H-pyrrole nitrogens is 1. The minimum atomic E-state index is -2.31. The number of hydrogen-bond donors (Lipinski definition) is 1. The Morgan fingerprint density at radius 2 is 1.72 bits per heavy atom. The summed E-state index contributed by atoms with van der Waals surface area (Å²) in [5.41, 5.74) is 3.98. The molecule has 8 heteroatoms. The Balaban J connectivity index is 0.00000312.